The number of hydrogen-bond acceptors (Lipinski definition) is 5. The molecule has 8 nitrogen and oxygen atoms in total. The van der Waals surface area contributed by atoms with Crippen LogP contribution in [0.4, 0.5) is 15.9 Å². The number of anilines is 1. The Morgan fingerprint density at radius 3 is 2.67 bits per heavy atom. The molecule has 1 N–H and O–H groups in total. The number of nitro benzene ring substituents is 1. The minimum Gasteiger partial charge on any atom is -0.490 e. The van der Waals surface area contributed by atoms with Gasteiger partial charge in [0.25, 0.3) is 5.91 Å². The summed E-state index contributed by atoms with van der Waals surface area (Å²) in [6.07, 6.45) is 1.66. The van der Waals surface area contributed by atoms with Crippen molar-refractivity contribution in [3.8, 4) is 5.75 Å². The number of nitro groups is 1. The molecular formula is C18H15FN4O4. The average molecular weight is 370 g/mol. The Bertz CT molecular complexity index is 985. The van der Waals surface area contributed by atoms with Gasteiger partial charge in [0.2, 0.25) is 0 Å². The molecule has 1 aromatic heterocycles. The lowest BCUT2D eigenvalue weighted by Crippen LogP contribution is -2.13. The summed E-state index contributed by atoms with van der Waals surface area (Å²) >= 11 is 0. The van der Waals surface area contributed by atoms with E-state index in [1.165, 1.54) is 31.4 Å². The van der Waals surface area contributed by atoms with Crippen LogP contribution in [0.15, 0.2) is 54.7 Å². The van der Waals surface area contributed by atoms with E-state index in [0.29, 0.717) is 12.4 Å². The van der Waals surface area contributed by atoms with E-state index in [-0.39, 0.29) is 22.8 Å². The van der Waals surface area contributed by atoms with Crippen molar-refractivity contribution in [1.29, 1.82) is 0 Å². The number of methoxy groups -OCH3 is 1. The van der Waals surface area contributed by atoms with Crippen LogP contribution in [0.5, 0.6) is 5.75 Å². The first-order valence-electron chi connectivity index (χ1n) is 7.88. The van der Waals surface area contributed by atoms with E-state index in [4.69, 9.17) is 4.74 Å². The van der Waals surface area contributed by atoms with Crippen LogP contribution in [0.2, 0.25) is 0 Å². The summed E-state index contributed by atoms with van der Waals surface area (Å²) in [7, 11) is 1.32. The summed E-state index contributed by atoms with van der Waals surface area (Å²) in [6, 6.07) is 11.5. The molecule has 1 heterocycles. The fraction of sp³-hybridized carbons (Fsp3) is 0.111. The molecule has 0 saturated heterocycles. The highest BCUT2D eigenvalue weighted by Crippen LogP contribution is 2.27. The Kier molecular flexibility index (Phi) is 5.11. The largest absolute Gasteiger partial charge is 0.490 e. The maximum absolute atomic E-state index is 12.9. The molecule has 0 radical (unpaired) electrons. The Morgan fingerprint density at radius 2 is 2.00 bits per heavy atom. The maximum Gasteiger partial charge on any atom is 0.311 e. The van der Waals surface area contributed by atoms with Crippen LogP contribution in [0.1, 0.15) is 15.9 Å². The van der Waals surface area contributed by atoms with Gasteiger partial charge in [0.1, 0.15) is 5.82 Å². The summed E-state index contributed by atoms with van der Waals surface area (Å²) < 4.78 is 19.4. The molecule has 0 aliphatic carbocycles. The number of hydrogen-bond donors (Lipinski definition) is 1. The number of nitrogens with zero attached hydrogens (tertiary/aromatic N) is 3. The molecule has 0 aliphatic heterocycles. The standard InChI is InChI=1S/C18H15FN4O4/c1-27-16-7-4-13(10-15(16)23(25)26)18(24)20-17-8-9-22(21-17)11-12-2-5-14(19)6-3-12/h2-10H,11H2,1H3,(H,20,21,24). The van der Waals surface area contributed by atoms with E-state index >= 15 is 0 Å². The zero-order valence-corrected chi connectivity index (χ0v) is 14.3. The van der Waals surface area contributed by atoms with Gasteiger partial charge in [-0.25, -0.2) is 4.39 Å². The number of carbonyl (C=O) groups is 1. The molecule has 1 amide bonds. The zero-order chi connectivity index (χ0) is 19.4. The zero-order valence-electron chi connectivity index (χ0n) is 14.3. The third kappa shape index (κ3) is 4.27. The number of ether oxygens (including phenoxy) is 1. The Hall–Kier alpha value is -3.75. The molecule has 0 aliphatic rings. The lowest BCUT2D eigenvalue weighted by molar-refractivity contribution is -0.385. The second kappa shape index (κ2) is 7.65. The molecule has 0 saturated carbocycles. The molecule has 138 valence electrons. The van der Waals surface area contributed by atoms with Gasteiger partial charge in [-0.2, -0.15) is 5.10 Å². The molecule has 0 unspecified atom stereocenters. The fourth-order valence-corrected chi connectivity index (χ4v) is 2.46. The number of halogens is 1. The van der Waals surface area contributed by atoms with Crippen molar-refractivity contribution in [2.24, 2.45) is 0 Å². The maximum atomic E-state index is 12.9. The summed E-state index contributed by atoms with van der Waals surface area (Å²) in [4.78, 5) is 22.8. The number of benzene rings is 2. The molecule has 27 heavy (non-hydrogen) atoms. The minimum absolute atomic E-state index is 0.0696. The smallest absolute Gasteiger partial charge is 0.311 e. The molecule has 2 aromatic carbocycles. The van der Waals surface area contributed by atoms with Crippen LogP contribution in [0.3, 0.4) is 0 Å². The highest BCUT2D eigenvalue weighted by molar-refractivity contribution is 6.04. The Morgan fingerprint density at radius 1 is 1.26 bits per heavy atom. The molecule has 0 fully saturated rings. The average Bonchev–Trinajstić information content (AvgIpc) is 3.09. The number of nitrogens with one attached hydrogen (secondary N) is 1. The van der Waals surface area contributed by atoms with Gasteiger partial charge in [-0.15, -0.1) is 0 Å². The van der Waals surface area contributed by atoms with E-state index in [1.54, 1.807) is 29.1 Å². The van der Waals surface area contributed by atoms with Crippen LogP contribution in [0.25, 0.3) is 0 Å². The van der Waals surface area contributed by atoms with Gasteiger partial charge in [-0.05, 0) is 29.8 Å². The number of amides is 1. The number of aromatic nitrogens is 2. The normalized spacial score (nSPS) is 10.4. The SMILES string of the molecule is COc1ccc(C(=O)Nc2ccn(Cc3ccc(F)cc3)n2)cc1[N+](=O)[O-]. The number of carbonyl (C=O) groups excluding carboxylic acids is 1. The first-order chi connectivity index (χ1) is 13.0. The van der Waals surface area contributed by atoms with Crippen molar-refractivity contribution < 1.29 is 18.8 Å². The van der Waals surface area contributed by atoms with E-state index in [9.17, 15) is 19.3 Å². The van der Waals surface area contributed by atoms with Crippen molar-refractivity contribution in [3.63, 3.8) is 0 Å². The first-order valence-corrected chi connectivity index (χ1v) is 7.88. The second-order valence-electron chi connectivity index (χ2n) is 5.62. The molecule has 0 spiro atoms. The molecule has 0 bridgehead atoms. The lowest BCUT2D eigenvalue weighted by atomic mass is 10.1. The van der Waals surface area contributed by atoms with E-state index in [1.807, 2.05) is 0 Å². The molecular weight excluding hydrogens is 355 g/mol. The van der Waals surface area contributed by atoms with Crippen LogP contribution in [0, 0.1) is 15.9 Å². The monoisotopic (exact) mass is 370 g/mol. The van der Waals surface area contributed by atoms with Crippen LogP contribution >= 0.6 is 0 Å². The lowest BCUT2D eigenvalue weighted by Gasteiger charge is -2.05. The molecule has 0 atom stereocenters. The summed E-state index contributed by atoms with van der Waals surface area (Å²) in [5.74, 6) is -0.491. The van der Waals surface area contributed by atoms with Crippen LogP contribution < -0.4 is 10.1 Å². The quantitative estimate of drug-likeness (QED) is 0.530. The minimum atomic E-state index is -0.618. The summed E-state index contributed by atoms with van der Waals surface area (Å²) in [5.41, 5.74) is 0.658. The first kappa shape index (κ1) is 18.1. The third-order valence-electron chi connectivity index (χ3n) is 3.78. The van der Waals surface area contributed by atoms with Crippen molar-refractivity contribution in [1.82, 2.24) is 9.78 Å². The Labute approximate surface area is 153 Å². The van der Waals surface area contributed by atoms with Crippen LogP contribution in [-0.2, 0) is 6.54 Å². The van der Waals surface area contributed by atoms with E-state index in [0.717, 1.165) is 11.6 Å². The van der Waals surface area contributed by atoms with Crippen molar-refractivity contribution in [2.45, 2.75) is 6.54 Å². The van der Waals surface area contributed by atoms with Gasteiger partial charge in [0.05, 0.1) is 18.6 Å². The molecule has 9 heteroatoms. The van der Waals surface area contributed by atoms with Gasteiger partial charge < -0.3 is 10.1 Å². The van der Waals surface area contributed by atoms with Crippen molar-refractivity contribution in [2.75, 3.05) is 12.4 Å². The van der Waals surface area contributed by atoms with Crippen LogP contribution in [-0.4, -0.2) is 27.7 Å². The predicted molar refractivity (Wildman–Crippen MR) is 95.3 cm³/mol. The van der Waals surface area contributed by atoms with Crippen molar-refractivity contribution >= 4 is 17.4 Å². The van der Waals surface area contributed by atoms with Gasteiger partial charge >= 0.3 is 5.69 Å². The second-order valence-corrected chi connectivity index (χ2v) is 5.62. The van der Waals surface area contributed by atoms with Crippen molar-refractivity contribution in [3.05, 3.63) is 81.8 Å². The molecule has 3 aromatic rings. The topological polar surface area (TPSA) is 99.3 Å². The Balaban J connectivity index is 1.71. The highest BCUT2D eigenvalue weighted by atomic mass is 19.1. The summed E-state index contributed by atoms with van der Waals surface area (Å²) in [6.45, 7) is 0.407. The van der Waals surface area contributed by atoms with Gasteiger partial charge in [-0.3, -0.25) is 19.6 Å². The fourth-order valence-electron chi connectivity index (χ4n) is 2.46. The third-order valence-corrected chi connectivity index (χ3v) is 3.78. The van der Waals surface area contributed by atoms with Gasteiger partial charge in [0.15, 0.2) is 11.6 Å². The highest BCUT2D eigenvalue weighted by Gasteiger charge is 2.18. The van der Waals surface area contributed by atoms with Gasteiger partial charge in [-0.1, -0.05) is 12.1 Å². The van der Waals surface area contributed by atoms with E-state index in [2.05, 4.69) is 10.4 Å². The van der Waals surface area contributed by atoms with Gasteiger partial charge in [0, 0.05) is 23.9 Å². The summed E-state index contributed by atoms with van der Waals surface area (Å²) in [5, 5.41) is 17.9. The van der Waals surface area contributed by atoms with E-state index < -0.39 is 10.8 Å². The predicted octanol–water partition coefficient (Wildman–Crippen LogP) is 3.24. The number of rotatable bonds is 6. The molecule has 3 rings (SSSR count).